The van der Waals surface area contributed by atoms with Gasteiger partial charge >= 0.3 is 5.97 Å². The predicted molar refractivity (Wildman–Crippen MR) is 86.1 cm³/mol. The number of imidazole rings is 1. The number of benzene rings is 1. The van der Waals surface area contributed by atoms with Crippen molar-refractivity contribution in [2.24, 2.45) is 0 Å². The van der Waals surface area contributed by atoms with Crippen molar-refractivity contribution in [3.8, 4) is 11.3 Å². The maximum absolute atomic E-state index is 11.3. The Balaban J connectivity index is 2.22. The van der Waals surface area contributed by atoms with Crippen LogP contribution in [0.2, 0.25) is 0 Å². The van der Waals surface area contributed by atoms with Gasteiger partial charge in [0.1, 0.15) is 5.65 Å². The third kappa shape index (κ3) is 2.48. The van der Waals surface area contributed by atoms with E-state index in [0.29, 0.717) is 0 Å². The molecule has 0 spiro atoms. The minimum atomic E-state index is -0.850. The highest BCUT2D eigenvalue weighted by molar-refractivity contribution is 5.76. The number of nitrogens with zero attached hydrogens (tertiary/aromatic N) is 2. The molecule has 1 N–H and O–H groups in total. The molecule has 0 aliphatic rings. The normalized spacial score (nSPS) is 11.0. The van der Waals surface area contributed by atoms with Crippen molar-refractivity contribution in [2.75, 3.05) is 0 Å². The molecular formula is C18H18N2O2. The second-order valence-corrected chi connectivity index (χ2v) is 5.39. The molecule has 0 amide bonds. The van der Waals surface area contributed by atoms with Crippen molar-refractivity contribution in [3.05, 3.63) is 59.4 Å². The Labute approximate surface area is 129 Å². The standard InChI is InChI=1S/C18H18N2O2/c1-3-13-7-9-14(10-8-13)18-15(11-17(21)22)20-12(2)5-4-6-16(20)19-18/h4-10H,3,11H2,1-2H3,(H,21,22). The van der Waals surface area contributed by atoms with Gasteiger partial charge in [-0.3, -0.25) is 4.79 Å². The van der Waals surface area contributed by atoms with E-state index >= 15 is 0 Å². The summed E-state index contributed by atoms with van der Waals surface area (Å²) in [6.07, 6.45) is 0.934. The first-order chi connectivity index (χ1) is 10.6. The Kier molecular flexibility index (Phi) is 3.67. The molecule has 3 aromatic rings. The highest BCUT2D eigenvalue weighted by Gasteiger charge is 2.17. The number of fused-ring (bicyclic) bond motifs is 1. The number of rotatable bonds is 4. The minimum absolute atomic E-state index is 0.0448. The van der Waals surface area contributed by atoms with Crippen LogP contribution in [0.4, 0.5) is 0 Å². The molecule has 2 heterocycles. The summed E-state index contributed by atoms with van der Waals surface area (Å²) in [6.45, 7) is 4.07. The number of pyridine rings is 1. The zero-order valence-corrected chi connectivity index (χ0v) is 12.7. The number of hydrogen-bond acceptors (Lipinski definition) is 2. The molecule has 112 valence electrons. The molecule has 0 aliphatic carbocycles. The molecule has 0 fully saturated rings. The van der Waals surface area contributed by atoms with Gasteiger partial charge in [-0.15, -0.1) is 0 Å². The molecule has 0 unspecified atom stereocenters. The van der Waals surface area contributed by atoms with Crippen LogP contribution in [0, 0.1) is 6.92 Å². The van der Waals surface area contributed by atoms with Crippen molar-refractivity contribution in [3.63, 3.8) is 0 Å². The van der Waals surface area contributed by atoms with E-state index in [1.54, 1.807) is 0 Å². The fraction of sp³-hybridized carbons (Fsp3) is 0.222. The SMILES string of the molecule is CCc1ccc(-c2nc3cccc(C)n3c2CC(=O)O)cc1. The monoisotopic (exact) mass is 294 g/mol. The molecule has 0 saturated carbocycles. The lowest BCUT2D eigenvalue weighted by Crippen LogP contribution is -2.06. The van der Waals surface area contributed by atoms with Crippen LogP contribution in [0.5, 0.6) is 0 Å². The van der Waals surface area contributed by atoms with Crippen LogP contribution in [0.1, 0.15) is 23.9 Å². The smallest absolute Gasteiger partial charge is 0.309 e. The summed E-state index contributed by atoms with van der Waals surface area (Å²) < 4.78 is 1.93. The summed E-state index contributed by atoms with van der Waals surface area (Å²) in [5, 5.41) is 9.25. The van der Waals surface area contributed by atoms with E-state index in [9.17, 15) is 9.90 Å². The molecule has 0 radical (unpaired) electrons. The maximum atomic E-state index is 11.3. The first-order valence-electron chi connectivity index (χ1n) is 7.38. The van der Waals surface area contributed by atoms with E-state index in [1.165, 1.54) is 5.56 Å². The predicted octanol–water partition coefficient (Wildman–Crippen LogP) is 3.50. The molecule has 0 aliphatic heterocycles. The molecule has 4 nitrogen and oxygen atoms in total. The zero-order chi connectivity index (χ0) is 15.7. The van der Waals surface area contributed by atoms with Crippen molar-refractivity contribution in [1.82, 2.24) is 9.38 Å². The summed E-state index contributed by atoms with van der Waals surface area (Å²) >= 11 is 0. The summed E-state index contributed by atoms with van der Waals surface area (Å²) in [5.74, 6) is -0.850. The van der Waals surface area contributed by atoms with Crippen LogP contribution < -0.4 is 0 Å². The lowest BCUT2D eigenvalue weighted by Gasteiger charge is -2.06. The second kappa shape index (κ2) is 5.64. The molecular weight excluding hydrogens is 276 g/mol. The first-order valence-corrected chi connectivity index (χ1v) is 7.38. The Bertz CT molecular complexity index is 832. The quantitative estimate of drug-likeness (QED) is 0.801. The lowest BCUT2D eigenvalue weighted by atomic mass is 10.1. The van der Waals surface area contributed by atoms with E-state index in [4.69, 9.17) is 0 Å². The molecule has 1 aromatic carbocycles. The molecule has 0 bridgehead atoms. The molecule has 0 saturated heterocycles. The van der Waals surface area contributed by atoms with Gasteiger partial charge in [0.25, 0.3) is 0 Å². The second-order valence-electron chi connectivity index (χ2n) is 5.39. The van der Waals surface area contributed by atoms with Gasteiger partial charge in [-0.05, 0) is 31.0 Å². The van der Waals surface area contributed by atoms with Gasteiger partial charge in [0.15, 0.2) is 0 Å². The van der Waals surface area contributed by atoms with E-state index < -0.39 is 5.97 Å². The molecule has 0 atom stereocenters. The topological polar surface area (TPSA) is 54.6 Å². The summed E-state index contributed by atoms with van der Waals surface area (Å²) in [5.41, 5.74) is 5.45. The van der Waals surface area contributed by atoms with E-state index in [2.05, 4.69) is 24.0 Å². The van der Waals surface area contributed by atoms with Crippen LogP contribution in [0.15, 0.2) is 42.5 Å². The van der Waals surface area contributed by atoms with E-state index in [0.717, 1.165) is 34.7 Å². The Morgan fingerprint density at radius 1 is 1.18 bits per heavy atom. The van der Waals surface area contributed by atoms with Gasteiger partial charge in [0, 0.05) is 11.3 Å². The van der Waals surface area contributed by atoms with E-state index in [-0.39, 0.29) is 6.42 Å². The number of carboxylic acid groups (broad SMARTS) is 1. The largest absolute Gasteiger partial charge is 0.481 e. The van der Waals surface area contributed by atoms with Gasteiger partial charge in [-0.1, -0.05) is 37.3 Å². The number of carboxylic acids is 1. The van der Waals surface area contributed by atoms with Crippen LogP contribution >= 0.6 is 0 Å². The summed E-state index contributed by atoms with van der Waals surface area (Å²) in [7, 11) is 0. The van der Waals surface area contributed by atoms with Gasteiger partial charge in [0.05, 0.1) is 17.8 Å². The van der Waals surface area contributed by atoms with Crippen LogP contribution in [0.25, 0.3) is 16.9 Å². The highest BCUT2D eigenvalue weighted by Crippen LogP contribution is 2.26. The molecule has 3 rings (SSSR count). The third-order valence-electron chi connectivity index (χ3n) is 3.89. The van der Waals surface area contributed by atoms with Gasteiger partial charge < -0.3 is 9.51 Å². The van der Waals surface area contributed by atoms with Crippen LogP contribution in [-0.4, -0.2) is 20.5 Å². The Hall–Kier alpha value is -2.62. The van der Waals surface area contributed by atoms with Crippen LogP contribution in [0.3, 0.4) is 0 Å². The fourth-order valence-corrected chi connectivity index (χ4v) is 2.76. The number of aliphatic carboxylic acids is 1. The van der Waals surface area contributed by atoms with Gasteiger partial charge in [-0.2, -0.15) is 0 Å². The maximum Gasteiger partial charge on any atom is 0.309 e. The summed E-state index contributed by atoms with van der Waals surface area (Å²) in [6, 6.07) is 14.0. The van der Waals surface area contributed by atoms with Crippen LogP contribution in [-0.2, 0) is 17.6 Å². The van der Waals surface area contributed by atoms with E-state index in [1.807, 2.05) is 41.7 Å². The van der Waals surface area contributed by atoms with Crippen molar-refractivity contribution < 1.29 is 9.90 Å². The number of carbonyl (C=O) groups is 1. The molecule has 2 aromatic heterocycles. The highest BCUT2D eigenvalue weighted by atomic mass is 16.4. The first kappa shape index (κ1) is 14.3. The fourth-order valence-electron chi connectivity index (χ4n) is 2.76. The zero-order valence-electron chi connectivity index (χ0n) is 12.7. The third-order valence-corrected chi connectivity index (χ3v) is 3.89. The van der Waals surface area contributed by atoms with Crippen molar-refractivity contribution in [1.29, 1.82) is 0 Å². The Morgan fingerprint density at radius 2 is 1.91 bits per heavy atom. The average Bonchev–Trinajstić information content (AvgIpc) is 2.87. The minimum Gasteiger partial charge on any atom is -0.481 e. The Morgan fingerprint density at radius 3 is 2.55 bits per heavy atom. The van der Waals surface area contributed by atoms with Crippen molar-refractivity contribution in [2.45, 2.75) is 26.7 Å². The number of aryl methyl sites for hydroxylation is 2. The number of aromatic nitrogens is 2. The lowest BCUT2D eigenvalue weighted by molar-refractivity contribution is -0.136. The molecule has 22 heavy (non-hydrogen) atoms. The van der Waals surface area contributed by atoms with Gasteiger partial charge in [0.2, 0.25) is 0 Å². The summed E-state index contributed by atoms with van der Waals surface area (Å²) in [4.78, 5) is 15.9. The average molecular weight is 294 g/mol. The van der Waals surface area contributed by atoms with Gasteiger partial charge in [-0.25, -0.2) is 4.98 Å². The van der Waals surface area contributed by atoms with Crippen molar-refractivity contribution >= 4 is 11.6 Å². The number of hydrogen-bond donors (Lipinski definition) is 1. The molecule has 4 heteroatoms.